The molecule has 0 N–H and O–H groups in total. The van der Waals surface area contributed by atoms with E-state index >= 15 is 0 Å². The zero-order valence-corrected chi connectivity index (χ0v) is 14.7. The lowest BCUT2D eigenvalue weighted by Crippen LogP contribution is -2.16. The average molecular weight is 339 g/mol. The quantitative estimate of drug-likeness (QED) is 0.751. The standard InChI is InChI=1S/C19H21N3O3/c1-4-24-17(23)11-22-18(14-5-6-14)19(13(3)21-22)25-16-8-7-15(10-20)12(2)9-16/h7-9,14H,4-6,11H2,1-3H3. The molecule has 1 aromatic heterocycles. The second-order valence-electron chi connectivity index (χ2n) is 6.23. The van der Waals surface area contributed by atoms with Crippen molar-refractivity contribution in [1.29, 1.82) is 5.26 Å². The molecule has 0 unspecified atom stereocenters. The summed E-state index contributed by atoms with van der Waals surface area (Å²) in [5.74, 6) is 1.44. The van der Waals surface area contributed by atoms with Crippen LogP contribution in [0.5, 0.6) is 11.5 Å². The number of nitrogens with zero attached hydrogens (tertiary/aromatic N) is 3. The van der Waals surface area contributed by atoms with Gasteiger partial charge in [0.05, 0.1) is 23.9 Å². The molecule has 130 valence electrons. The van der Waals surface area contributed by atoms with Gasteiger partial charge in [-0.2, -0.15) is 10.4 Å². The van der Waals surface area contributed by atoms with Gasteiger partial charge in [-0.1, -0.05) is 0 Å². The maximum Gasteiger partial charge on any atom is 0.327 e. The minimum Gasteiger partial charge on any atom is -0.465 e. The molecule has 1 aromatic carbocycles. The molecule has 1 aliphatic rings. The van der Waals surface area contributed by atoms with Crippen LogP contribution < -0.4 is 4.74 Å². The Labute approximate surface area is 147 Å². The Bertz CT molecular complexity index is 844. The van der Waals surface area contributed by atoms with E-state index < -0.39 is 0 Å². The van der Waals surface area contributed by atoms with Crippen molar-refractivity contribution >= 4 is 5.97 Å². The van der Waals surface area contributed by atoms with Crippen molar-refractivity contribution in [1.82, 2.24) is 9.78 Å². The monoisotopic (exact) mass is 339 g/mol. The summed E-state index contributed by atoms with van der Waals surface area (Å²) >= 11 is 0. The number of benzene rings is 1. The van der Waals surface area contributed by atoms with Crippen LogP contribution >= 0.6 is 0 Å². The maximum atomic E-state index is 11.8. The van der Waals surface area contributed by atoms with E-state index in [0.29, 0.717) is 29.6 Å². The van der Waals surface area contributed by atoms with E-state index in [9.17, 15) is 4.79 Å². The number of ether oxygens (including phenoxy) is 2. The highest BCUT2D eigenvalue weighted by atomic mass is 16.5. The van der Waals surface area contributed by atoms with Gasteiger partial charge >= 0.3 is 5.97 Å². The van der Waals surface area contributed by atoms with Crippen LogP contribution in [0.1, 0.15) is 48.2 Å². The van der Waals surface area contributed by atoms with Crippen LogP contribution in [0.4, 0.5) is 0 Å². The first-order valence-electron chi connectivity index (χ1n) is 8.45. The Balaban J connectivity index is 1.91. The molecular weight excluding hydrogens is 318 g/mol. The molecule has 6 heteroatoms. The van der Waals surface area contributed by atoms with Gasteiger partial charge in [0.1, 0.15) is 18.0 Å². The SMILES string of the molecule is CCOC(=O)Cn1nc(C)c(Oc2ccc(C#N)c(C)c2)c1C1CC1. The van der Waals surface area contributed by atoms with Crippen molar-refractivity contribution in [3.63, 3.8) is 0 Å². The molecule has 25 heavy (non-hydrogen) atoms. The van der Waals surface area contributed by atoms with Gasteiger partial charge < -0.3 is 9.47 Å². The number of rotatable bonds is 6. The van der Waals surface area contributed by atoms with Gasteiger partial charge in [-0.25, -0.2) is 0 Å². The number of carbonyl (C=O) groups is 1. The summed E-state index contributed by atoms with van der Waals surface area (Å²) in [6.45, 7) is 5.99. The maximum absolute atomic E-state index is 11.8. The highest BCUT2D eigenvalue weighted by Gasteiger charge is 2.33. The molecule has 1 saturated carbocycles. The molecule has 6 nitrogen and oxygen atoms in total. The summed E-state index contributed by atoms with van der Waals surface area (Å²) in [7, 11) is 0. The highest BCUT2D eigenvalue weighted by Crippen LogP contribution is 2.46. The van der Waals surface area contributed by atoms with E-state index in [1.54, 1.807) is 23.7 Å². The summed E-state index contributed by atoms with van der Waals surface area (Å²) in [6.07, 6.45) is 2.13. The zero-order chi connectivity index (χ0) is 18.0. The molecule has 1 aliphatic carbocycles. The van der Waals surface area contributed by atoms with Crippen molar-refractivity contribution in [2.75, 3.05) is 6.61 Å². The Morgan fingerprint density at radius 3 is 2.76 bits per heavy atom. The molecule has 0 spiro atoms. The Morgan fingerprint density at radius 2 is 2.16 bits per heavy atom. The van der Waals surface area contributed by atoms with E-state index in [0.717, 1.165) is 29.8 Å². The number of carbonyl (C=O) groups excluding carboxylic acids is 1. The fourth-order valence-electron chi connectivity index (χ4n) is 2.85. The van der Waals surface area contributed by atoms with E-state index in [2.05, 4.69) is 11.2 Å². The first-order valence-corrected chi connectivity index (χ1v) is 8.45. The van der Waals surface area contributed by atoms with Gasteiger partial charge in [-0.15, -0.1) is 0 Å². The molecule has 0 saturated heterocycles. The van der Waals surface area contributed by atoms with Crippen LogP contribution in [0.15, 0.2) is 18.2 Å². The summed E-state index contributed by atoms with van der Waals surface area (Å²) in [4.78, 5) is 11.8. The number of hydrogen-bond acceptors (Lipinski definition) is 5. The number of esters is 1. The molecule has 0 amide bonds. The molecule has 3 rings (SSSR count). The van der Waals surface area contributed by atoms with Crippen molar-refractivity contribution in [3.05, 3.63) is 40.7 Å². The number of nitriles is 1. The third-order valence-electron chi connectivity index (χ3n) is 4.20. The lowest BCUT2D eigenvalue weighted by molar-refractivity contribution is -0.144. The van der Waals surface area contributed by atoms with Gasteiger partial charge in [-0.05, 0) is 57.4 Å². The summed E-state index contributed by atoms with van der Waals surface area (Å²) in [5.41, 5.74) is 3.19. The first-order chi connectivity index (χ1) is 12.0. The first kappa shape index (κ1) is 17.0. The van der Waals surface area contributed by atoms with Gasteiger partial charge in [0.15, 0.2) is 5.75 Å². The van der Waals surface area contributed by atoms with E-state index in [-0.39, 0.29) is 12.5 Å². The van der Waals surface area contributed by atoms with Gasteiger partial charge in [0.2, 0.25) is 0 Å². The molecule has 0 bridgehead atoms. The van der Waals surface area contributed by atoms with E-state index in [1.165, 1.54) is 0 Å². The second kappa shape index (κ2) is 6.98. The molecule has 1 heterocycles. The van der Waals surface area contributed by atoms with E-state index in [1.807, 2.05) is 19.9 Å². The van der Waals surface area contributed by atoms with Crippen molar-refractivity contribution < 1.29 is 14.3 Å². The molecular formula is C19H21N3O3. The van der Waals surface area contributed by atoms with Crippen molar-refractivity contribution in [2.45, 2.75) is 46.1 Å². The lowest BCUT2D eigenvalue weighted by atomic mass is 10.1. The smallest absolute Gasteiger partial charge is 0.327 e. The molecule has 0 atom stereocenters. The second-order valence-corrected chi connectivity index (χ2v) is 6.23. The fraction of sp³-hybridized carbons (Fsp3) is 0.421. The fourth-order valence-corrected chi connectivity index (χ4v) is 2.85. The van der Waals surface area contributed by atoms with Crippen LogP contribution in [0.25, 0.3) is 0 Å². The zero-order valence-electron chi connectivity index (χ0n) is 14.7. The van der Waals surface area contributed by atoms with Crippen LogP contribution in [-0.2, 0) is 16.1 Å². The van der Waals surface area contributed by atoms with Crippen LogP contribution in [0, 0.1) is 25.2 Å². The Hall–Kier alpha value is -2.81. The summed E-state index contributed by atoms with van der Waals surface area (Å²) in [6, 6.07) is 7.53. The number of aromatic nitrogens is 2. The molecule has 2 aromatic rings. The minimum atomic E-state index is -0.298. The van der Waals surface area contributed by atoms with Crippen molar-refractivity contribution in [2.24, 2.45) is 0 Å². The summed E-state index contributed by atoms with van der Waals surface area (Å²) in [5, 5.41) is 13.5. The van der Waals surface area contributed by atoms with Crippen LogP contribution in [0.3, 0.4) is 0 Å². The van der Waals surface area contributed by atoms with Gasteiger partial charge in [-0.3, -0.25) is 9.48 Å². The lowest BCUT2D eigenvalue weighted by Gasteiger charge is -2.10. The van der Waals surface area contributed by atoms with Gasteiger partial charge in [0, 0.05) is 5.92 Å². The number of hydrogen-bond donors (Lipinski definition) is 0. The predicted octanol–water partition coefficient (Wildman–Crippen LogP) is 3.60. The minimum absolute atomic E-state index is 0.0935. The highest BCUT2D eigenvalue weighted by molar-refractivity contribution is 5.69. The largest absolute Gasteiger partial charge is 0.465 e. The number of aryl methyl sites for hydroxylation is 2. The van der Waals surface area contributed by atoms with Crippen molar-refractivity contribution in [3.8, 4) is 17.6 Å². The van der Waals surface area contributed by atoms with Gasteiger partial charge in [0.25, 0.3) is 0 Å². The normalized spacial score (nSPS) is 13.4. The molecule has 0 radical (unpaired) electrons. The topological polar surface area (TPSA) is 77.1 Å². The third kappa shape index (κ3) is 3.66. The summed E-state index contributed by atoms with van der Waals surface area (Å²) < 4.78 is 12.8. The Kier molecular flexibility index (Phi) is 4.75. The molecule has 0 aliphatic heterocycles. The Morgan fingerprint density at radius 1 is 1.40 bits per heavy atom. The van der Waals surface area contributed by atoms with Crippen LogP contribution in [0.2, 0.25) is 0 Å². The van der Waals surface area contributed by atoms with E-state index in [4.69, 9.17) is 14.7 Å². The van der Waals surface area contributed by atoms with Crippen LogP contribution in [-0.4, -0.2) is 22.4 Å². The third-order valence-corrected chi connectivity index (χ3v) is 4.20. The predicted molar refractivity (Wildman–Crippen MR) is 91.5 cm³/mol. The molecule has 1 fully saturated rings. The average Bonchev–Trinajstić information content (AvgIpc) is 3.35.